The van der Waals surface area contributed by atoms with Gasteiger partial charge in [-0.3, -0.25) is 0 Å². The van der Waals surface area contributed by atoms with Gasteiger partial charge in [0, 0.05) is 25.6 Å². The van der Waals surface area contributed by atoms with E-state index in [9.17, 15) is 0 Å². The fraction of sp³-hybridized carbons (Fsp3) is 0.333. The van der Waals surface area contributed by atoms with Crippen LogP contribution in [0.1, 0.15) is 44.3 Å². The molecule has 8 heteroatoms. The van der Waals surface area contributed by atoms with E-state index < -0.39 is 0 Å². The molecule has 0 amide bonds. The molecule has 0 aliphatic heterocycles. The van der Waals surface area contributed by atoms with Crippen molar-refractivity contribution in [1.29, 1.82) is 0 Å². The van der Waals surface area contributed by atoms with Crippen molar-refractivity contribution in [3.05, 3.63) is 70.8 Å². The van der Waals surface area contributed by atoms with Crippen LogP contribution in [0, 0.1) is 0 Å². The molecule has 1 N–H and O–H groups in total. The highest BCUT2D eigenvalue weighted by atomic mass is 35.5. The molecule has 4 aromatic rings. The van der Waals surface area contributed by atoms with Gasteiger partial charge in [0.2, 0.25) is 5.82 Å². The number of H-pyrrole nitrogens is 1. The first-order chi connectivity index (χ1) is 15.7. The largest absolute Gasteiger partial charge is 0.378 e. The molecule has 0 atom stereocenters. The van der Waals surface area contributed by atoms with Gasteiger partial charge in [-0.1, -0.05) is 80.9 Å². The molecule has 2 aromatic carbocycles. The third-order valence-corrected chi connectivity index (χ3v) is 5.28. The highest BCUT2D eigenvalue weighted by Crippen LogP contribution is 2.30. The Morgan fingerprint density at radius 2 is 1.75 bits per heavy atom. The average Bonchev–Trinajstić information content (AvgIpc) is 3.46. The van der Waals surface area contributed by atoms with Crippen LogP contribution in [-0.4, -0.2) is 37.3 Å². The molecular weight excluding hydrogens is 424 g/mol. The maximum atomic E-state index is 6.37. The number of imidazole rings is 1. The van der Waals surface area contributed by atoms with Crippen molar-refractivity contribution in [3.63, 3.8) is 0 Å². The van der Waals surface area contributed by atoms with Crippen molar-refractivity contribution in [3.8, 4) is 22.5 Å². The Kier molecular flexibility index (Phi) is 8.53. The van der Waals surface area contributed by atoms with E-state index in [2.05, 4.69) is 67.4 Å². The Bertz CT molecular complexity index is 1110. The van der Waals surface area contributed by atoms with Gasteiger partial charge in [-0.25, -0.2) is 4.98 Å². The lowest BCUT2D eigenvalue weighted by atomic mass is 9.98. The van der Waals surface area contributed by atoms with E-state index in [4.69, 9.17) is 16.3 Å². The van der Waals surface area contributed by atoms with Crippen molar-refractivity contribution in [2.75, 3.05) is 7.11 Å². The summed E-state index contributed by atoms with van der Waals surface area (Å²) in [5.41, 5.74) is 5.17. The Morgan fingerprint density at radius 1 is 1.03 bits per heavy atom. The zero-order chi connectivity index (χ0) is 22.9. The van der Waals surface area contributed by atoms with Crippen molar-refractivity contribution in [1.82, 2.24) is 30.2 Å². The van der Waals surface area contributed by atoms with Gasteiger partial charge in [-0.2, -0.15) is 5.21 Å². The molecular formula is C24H29ClN6O. The molecule has 0 radical (unpaired) electrons. The van der Waals surface area contributed by atoms with E-state index in [1.165, 1.54) is 5.56 Å². The van der Waals surface area contributed by atoms with E-state index in [-0.39, 0.29) is 0 Å². The zero-order valence-electron chi connectivity index (χ0n) is 19.0. The Balaban J connectivity index is 0.00000141. The normalized spacial score (nSPS) is 10.7. The summed E-state index contributed by atoms with van der Waals surface area (Å²) in [5, 5.41) is 15.0. The Labute approximate surface area is 193 Å². The molecule has 0 unspecified atom stereocenters. The van der Waals surface area contributed by atoms with Crippen LogP contribution in [0.25, 0.3) is 22.5 Å². The zero-order valence-corrected chi connectivity index (χ0v) is 19.7. The topological polar surface area (TPSA) is 81.5 Å². The van der Waals surface area contributed by atoms with Crippen molar-refractivity contribution >= 4 is 11.6 Å². The first-order valence-corrected chi connectivity index (χ1v) is 11.2. The lowest BCUT2D eigenvalue weighted by Gasteiger charge is -2.13. The summed E-state index contributed by atoms with van der Waals surface area (Å²) in [6.07, 6.45) is 1.88. The smallest absolute Gasteiger partial charge is 0.205 e. The van der Waals surface area contributed by atoms with Gasteiger partial charge in [0.25, 0.3) is 0 Å². The van der Waals surface area contributed by atoms with Gasteiger partial charge in [-0.15, -0.1) is 10.2 Å². The summed E-state index contributed by atoms with van der Waals surface area (Å²) in [7, 11) is 1.67. The molecule has 0 saturated carbocycles. The number of nitrogens with zero attached hydrogens (tertiary/aromatic N) is 5. The first kappa shape index (κ1) is 23.6. The number of nitrogens with one attached hydrogen (secondary N) is 1. The van der Waals surface area contributed by atoms with Crippen LogP contribution in [0.3, 0.4) is 0 Å². The molecule has 0 aliphatic rings. The van der Waals surface area contributed by atoms with E-state index in [1.54, 1.807) is 7.11 Å². The lowest BCUT2D eigenvalue weighted by Crippen LogP contribution is -2.09. The molecule has 0 spiro atoms. The molecule has 7 nitrogen and oxygen atoms in total. The van der Waals surface area contributed by atoms with Gasteiger partial charge in [0.05, 0.1) is 12.3 Å². The fourth-order valence-electron chi connectivity index (χ4n) is 3.56. The quantitative estimate of drug-likeness (QED) is 0.378. The third kappa shape index (κ3) is 5.23. The van der Waals surface area contributed by atoms with Crippen LogP contribution in [-0.2, 0) is 24.3 Å². The molecule has 32 heavy (non-hydrogen) atoms. The number of ether oxygens (including phenoxy) is 1. The number of aromatic nitrogens is 6. The maximum Gasteiger partial charge on any atom is 0.205 e. The van der Waals surface area contributed by atoms with Gasteiger partial charge < -0.3 is 9.30 Å². The molecule has 0 saturated heterocycles. The van der Waals surface area contributed by atoms with Crippen LogP contribution in [0.5, 0.6) is 0 Å². The van der Waals surface area contributed by atoms with Crippen LogP contribution in [0.15, 0.2) is 48.5 Å². The number of halogens is 1. The second kappa shape index (κ2) is 11.5. The average molecular weight is 453 g/mol. The number of hydrogen-bond acceptors (Lipinski definition) is 5. The number of rotatable bonds is 8. The van der Waals surface area contributed by atoms with Gasteiger partial charge in [-0.05, 0) is 28.3 Å². The lowest BCUT2D eigenvalue weighted by molar-refractivity contribution is 0.178. The molecule has 168 valence electrons. The Hall–Kier alpha value is -3.03. The number of hydrogen-bond donors (Lipinski definition) is 1. The predicted molar refractivity (Wildman–Crippen MR) is 127 cm³/mol. The van der Waals surface area contributed by atoms with Gasteiger partial charge in [0.1, 0.15) is 5.82 Å². The van der Waals surface area contributed by atoms with E-state index in [0.717, 1.165) is 41.1 Å². The summed E-state index contributed by atoms with van der Waals surface area (Å²) in [5.74, 6) is 1.57. The Morgan fingerprint density at radius 3 is 2.38 bits per heavy atom. The summed E-state index contributed by atoms with van der Waals surface area (Å²) in [4.78, 5) is 4.55. The molecule has 4 rings (SSSR count). The number of aryl methyl sites for hydroxylation is 1. The first-order valence-electron chi connectivity index (χ1n) is 10.9. The minimum atomic E-state index is 0.436. The summed E-state index contributed by atoms with van der Waals surface area (Å²) in [6, 6.07) is 16.5. The summed E-state index contributed by atoms with van der Waals surface area (Å²) in [6.45, 7) is 7.27. The number of tetrazole rings is 1. The highest BCUT2D eigenvalue weighted by Gasteiger charge is 2.16. The SMILES string of the molecule is CC.CCCc1nc(Cl)c(COC)n1Cc1ccc(-c2ccccc2-c2nn[nH]n2)cc1. The molecule has 2 heterocycles. The third-order valence-electron chi connectivity index (χ3n) is 4.98. The van der Waals surface area contributed by atoms with Gasteiger partial charge >= 0.3 is 0 Å². The molecule has 2 aromatic heterocycles. The van der Waals surface area contributed by atoms with E-state index >= 15 is 0 Å². The van der Waals surface area contributed by atoms with E-state index in [1.807, 2.05) is 32.0 Å². The van der Waals surface area contributed by atoms with Crippen molar-refractivity contribution < 1.29 is 4.74 Å². The van der Waals surface area contributed by atoms with Crippen molar-refractivity contribution in [2.24, 2.45) is 0 Å². The predicted octanol–water partition coefficient (Wildman–Crippen LogP) is 5.56. The monoisotopic (exact) mass is 452 g/mol. The second-order valence-corrected chi connectivity index (χ2v) is 7.37. The molecule has 0 fully saturated rings. The van der Waals surface area contributed by atoms with Crippen molar-refractivity contribution in [2.45, 2.75) is 46.8 Å². The highest BCUT2D eigenvalue weighted by molar-refractivity contribution is 6.30. The van der Waals surface area contributed by atoms with Crippen LogP contribution in [0.2, 0.25) is 5.15 Å². The fourth-order valence-corrected chi connectivity index (χ4v) is 3.81. The van der Waals surface area contributed by atoms with Gasteiger partial charge in [0.15, 0.2) is 5.15 Å². The van der Waals surface area contributed by atoms with Crippen LogP contribution < -0.4 is 0 Å². The summed E-state index contributed by atoms with van der Waals surface area (Å²) < 4.78 is 7.50. The minimum Gasteiger partial charge on any atom is -0.378 e. The van der Waals surface area contributed by atoms with Crippen LogP contribution in [0.4, 0.5) is 0 Å². The maximum absolute atomic E-state index is 6.37. The van der Waals surface area contributed by atoms with Crippen LogP contribution >= 0.6 is 11.6 Å². The number of methoxy groups -OCH3 is 1. The van der Waals surface area contributed by atoms with E-state index in [0.29, 0.717) is 24.1 Å². The number of aromatic amines is 1. The number of benzene rings is 2. The standard InChI is InChI=1S/C22H23ClN6O.C2H6/c1-3-6-20-24-21(23)19(14-30-2)29(20)13-15-9-11-16(12-10-15)17-7-4-5-8-18(17)22-25-27-28-26-22;1-2/h4-5,7-12H,3,6,13-14H2,1-2H3,(H,25,26,27,28);1-2H3. The minimum absolute atomic E-state index is 0.436. The molecule has 0 aliphatic carbocycles. The summed E-state index contributed by atoms with van der Waals surface area (Å²) >= 11 is 6.37. The molecule has 0 bridgehead atoms. The second-order valence-electron chi connectivity index (χ2n) is 7.01.